The van der Waals surface area contributed by atoms with E-state index in [1.807, 2.05) is 24.3 Å². The number of amides is 2. The Labute approximate surface area is 227 Å². The normalized spacial score (nSPS) is 11.5. The highest BCUT2D eigenvalue weighted by Gasteiger charge is 2.21. The lowest BCUT2D eigenvalue weighted by molar-refractivity contribution is 0.102. The van der Waals surface area contributed by atoms with Crippen LogP contribution in [0.3, 0.4) is 0 Å². The third kappa shape index (κ3) is 6.36. The van der Waals surface area contributed by atoms with E-state index in [2.05, 4.69) is 66.0 Å². The number of nitrogens with one attached hydrogen (secondary N) is 2. The summed E-state index contributed by atoms with van der Waals surface area (Å²) < 4.78 is 0. The van der Waals surface area contributed by atoms with Gasteiger partial charge in [0, 0.05) is 33.9 Å². The highest BCUT2D eigenvalue weighted by atomic mass is 16.2. The van der Waals surface area contributed by atoms with Crippen molar-refractivity contribution in [2.24, 2.45) is 0 Å². The zero-order valence-corrected chi connectivity index (χ0v) is 23.9. The van der Waals surface area contributed by atoms with Crippen molar-refractivity contribution in [3.05, 3.63) is 81.9 Å². The van der Waals surface area contributed by atoms with E-state index in [9.17, 15) is 9.59 Å². The highest BCUT2D eigenvalue weighted by molar-refractivity contribution is 6.09. The van der Waals surface area contributed by atoms with Crippen molar-refractivity contribution in [2.75, 3.05) is 22.1 Å². The molecule has 6 nitrogen and oxygen atoms in total. The monoisotopic (exact) mass is 514 g/mol. The van der Waals surface area contributed by atoms with E-state index in [4.69, 9.17) is 11.5 Å². The molecule has 0 bridgehead atoms. The van der Waals surface area contributed by atoms with Crippen molar-refractivity contribution in [3.63, 3.8) is 0 Å². The number of rotatable bonds is 8. The number of hydrogen-bond donors (Lipinski definition) is 4. The molecular formula is C32H42N4O2. The first-order chi connectivity index (χ1) is 17.8. The summed E-state index contributed by atoms with van der Waals surface area (Å²) in [6.07, 6.45) is 0. The molecular weight excluding hydrogens is 472 g/mol. The molecule has 2 amide bonds. The maximum Gasteiger partial charge on any atom is 0.255 e. The summed E-state index contributed by atoms with van der Waals surface area (Å²) >= 11 is 0. The summed E-state index contributed by atoms with van der Waals surface area (Å²) in [5.74, 6) is 0.155. The van der Waals surface area contributed by atoms with E-state index in [-0.39, 0.29) is 35.5 Å². The average molecular weight is 515 g/mol. The van der Waals surface area contributed by atoms with Gasteiger partial charge in [-0.3, -0.25) is 9.59 Å². The maximum atomic E-state index is 13.4. The molecule has 0 aliphatic carbocycles. The van der Waals surface area contributed by atoms with E-state index in [0.29, 0.717) is 22.5 Å². The maximum absolute atomic E-state index is 13.4. The van der Waals surface area contributed by atoms with Crippen LogP contribution in [0.5, 0.6) is 0 Å². The first kappa shape index (κ1) is 28.8. The first-order valence-corrected chi connectivity index (χ1v) is 13.4. The van der Waals surface area contributed by atoms with Crippen LogP contribution in [0.25, 0.3) is 0 Å². The summed E-state index contributed by atoms with van der Waals surface area (Å²) in [4.78, 5) is 26.8. The van der Waals surface area contributed by atoms with Crippen LogP contribution in [-0.2, 0) is 0 Å². The van der Waals surface area contributed by atoms with Crippen LogP contribution in [0.15, 0.2) is 48.5 Å². The lowest BCUT2D eigenvalue weighted by atomic mass is 9.91. The second-order valence-corrected chi connectivity index (χ2v) is 11.3. The zero-order chi connectivity index (χ0) is 28.3. The molecule has 0 aromatic heterocycles. The average Bonchev–Trinajstić information content (AvgIpc) is 2.84. The van der Waals surface area contributed by atoms with Crippen molar-refractivity contribution in [3.8, 4) is 0 Å². The molecule has 0 saturated heterocycles. The van der Waals surface area contributed by atoms with E-state index < -0.39 is 0 Å². The third-order valence-electron chi connectivity index (χ3n) is 6.80. The number of anilines is 4. The third-order valence-corrected chi connectivity index (χ3v) is 6.80. The van der Waals surface area contributed by atoms with Crippen LogP contribution in [-0.4, -0.2) is 11.8 Å². The van der Waals surface area contributed by atoms with Gasteiger partial charge in [0.05, 0.1) is 0 Å². The summed E-state index contributed by atoms with van der Waals surface area (Å²) in [7, 11) is 0. The van der Waals surface area contributed by atoms with Crippen molar-refractivity contribution in [1.82, 2.24) is 0 Å². The minimum absolute atomic E-state index is 0.175. The van der Waals surface area contributed by atoms with Gasteiger partial charge in [-0.25, -0.2) is 0 Å². The van der Waals surface area contributed by atoms with Crippen molar-refractivity contribution >= 4 is 34.6 Å². The van der Waals surface area contributed by atoms with Gasteiger partial charge < -0.3 is 22.1 Å². The molecule has 3 rings (SSSR count). The van der Waals surface area contributed by atoms with Crippen molar-refractivity contribution in [2.45, 2.75) is 79.1 Å². The minimum atomic E-state index is -0.272. The Morgan fingerprint density at radius 1 is 0.553 bits per heavy atom. The second kappa shape index (κ2) is 11.7. The van der Waals surface area contributed by atoms with Crippen LogP contribution >= 0.6 is 0 Å². The molecule has 0 aliphatic rings. The van der Waals surface area contributed by atoms with E-state index in [0.717, 1.165) is 33.6 Å². The molecule has 0 saturated carbocycles. The fourth-order valence-corrected chi connectivity index (χ4v) is 4.71. The molecule has 0 fully saturated rings. The van der Waals surface area contributed by atoms with Gasteiger partial charge in [0.15, 0.2) is 0 Å². The number of carbonyl (C=O) groups excluding carboxylic acids is 2. The highest BCUT2D eigenvalue weighted by Crippen LogP contribution is 2.36. The summed E-state index contributed by atoms with van der Waals surface area (Å²) in [6.45, 7) is 16.6. The zero-order valence-electron chi connectivity index (χ0n) is 23.9. The Hall–Kier alpha value is -3.80. The molecule has 6 N–H and O–H groups in total. The molecule has 3 aromatic carbocycles. The number of benzene rings is 3. The molecule has 3 aromatic rings. The van der Waals surface area contributed by atoms with Gasteiger partial charge in [-0.15, -0.1) is 0 Å². The SMILES string of the molecule is CC(C)c1cc(N)cc(C(C)C)c1NC(=O)c1cccc(C(=O)Nc2c(C(C)C)cc(N)cc2C(C)C)c1. The second-order valence-electron chi connectivity index (χ2n) is 11.3. The predicted octanol–water partition coefficient (Wildman–Crippen LogP) is 7.85. The largest absolute Gasteiger partial charge is 0.399 e. The van der Waals surface area contributed by atoms with Crippen LogP contribution in [0.1, 0.15) is 122 Å². The van der Waals surface area contributed by atoms with Gasteiger partial charge in [0.2, 0.25) is 0 Å². The van der Waals surface area contributed by atoms with E-state index in [1.54, 1.807) is 24.3 Å². The molecule has 202 valence electrons. The van der Waals surface area contributed by atoms with Gasteiger partial charge in [-0.2, -0.15) is 0 Å². The lowest BCUT2D eigenvalue weighted by Crippen LogP contribution is -2.19. The first-order valence-electron chi connectivity index (χ1n) is 13.4. The van der Waals surface area contributed by atoms with Gasteiger partial charge in [0.25, 0.3) is 11.8 Å². The van der Waals surface area contributed by atoms with E-state index in [1.165, 1.54) is 0 Å². The molecule has 38 heavy (non-hydrogen) atoms. The molecule has 6 heteroatoms. The Bertz CT molecular complexity index is 1180. The van der Waals surface area contributed by atoms with Gasteiger partial charge in [-0.05, 0) is 88.4 Å². The summed E-state index contributed by atoms with van der Waals surface area (Å²) in [6, 6.07) is 14.5. The number of nitrogen functional groups attached to an aromatic ring is 2. The van der Waals surface area contributed by atoms with Crippen LogP contribution in [0.2, 0.25) is 0 Å². The number of carbonyl (C=O) groups is 2. The van der Waals surface area contributed by atoms with Gasteiger partial charge in [0.1, 0.15) is 0 Å². The molecule has 0 unspecified atom stereocenters. The molecule has 0 atom stereocenters. The minimum Gasteiger partial charge on any atom is -0.399 e. The Morgan fingerprint density at radius 2 is 0.842 bits per heavy atom. The molecule has 0 spiro atoms. The van der Waals surface area contributed by atoms with E-state index >= 15 is 0 Å². The Morgan fingerprint density at radius 3 is 1.11 bits per heavy atom. The molecule has 0 heterocycles. The lowest BCUT2D eigenvalue weighted by Gasteiger charge is -2.22. The summed E-state index contributed by atoms with van der Waals surface area (Å²) in [5.41, 5.74) is 20.0. The van der Waals surface area contributed by atoms with Crippen molar-refractivity contribution in [1.29, 1.82) is 0 Å². The Balaban J connectivity index is 1.95. The number of nitrogens with two attached hydrogens (primary N) is 2. The van der Waals surface area contributed by atoms with Crippen LogP contribution in [0.4, 0.5) is 22.7 Å². The van der Waals surface area contributed by atoms with Crippen LogP contribution in [0, 0.1) is 0 Å². The smallest absolute Gasteiger partial charge is 0.255 e. The topological polar surface area (TPSA) is 110 Å². The Kier molecular flexibility index (Phi) is 8.87. The fraction of sp³-hybridized carbons (Fsp3) is 0.375. The number of hydrogen-bond acceptors (Lipinski definition) is 4. The quantitative estimate of drug-likeness (QED) is 0.229. The van der Waals surface area contributed by atoms with Gasteiger partial charge in [-0.1, -0.05) is 61.5 Å². The van der Waals surface area contributed by atoms with Crippen molar-refractivity contribution < 1.29 is 9.59 Å². The molecule has 0 aliphatic heterocycles. The van der Waals surface area contributed by atoms with Gasteiger partial charge >= 0.3 is 0 Å². The molecule has 0 radical (unpaired) electrons. The predicted molar refractivity (Wildman–Crippen MR) is 160 cm³/mol. The summed E-state index contributed by atoms with van der Waals surface area (Å²) in [5, 5.41) is 6.23. The standard InChI is InChI=1S/C32H42N4O2/c1-17(2)25-13-23(33)14-26(18(3)4)29(25)35-31(37)21-10-9-11-22(12-21)32(38)36-30-27(19(5)6)15-24(34)16-28(30)20(7)8/h9-20H,33-34H2,1-8H3,(H,35,37)(H,36,38). The van der Waals surface area contributed by atoms with Crippen LogP contribution < -0.4 is 22.1 Å². The fourth-order valence-electron chi connectivity index (χ4n) is 4.71.